The maximum Gasteiger partial charge on any atom is 0.242 e. The molecule has 1 N–H and O–H groups in total. The fourth-order valence-corrected chi connectivity index (χ4v) is 2.44. The van der Waals surface area contributed by atoms with Gasteiger partial charge in [0.25, 0.3) is 0 Å². The summed E-state index contributed by atoms with van der Waals surface area (Å²) in [5.74, 6) is -0.842. The number of amides is 1. The van der Waals surface area contributed by atoms with E-state index in [2.05, 4.69) is 11.4 Å². The van der Waals surface area contributed by atoms with Crippen molar-refractivity contribution in [1.29, 1.82) is 5.26 Å². The molecule has 2 rings (SSSR count). The van der Waals surface area contributed by atoms with Crippen molar-refractivity contribution in [3.05, 3.63) is 35.6 Å². The first kappa shape index (κ1) is 16.4. The van der Waals surface area contributed by atoms with E-state index in [-0.39, 0.29) is 24.2 Å². The van der Waals surface area contributed by atoms with Crippen LogP contribution in [0, 0.1) is 23.1 Å². The second-order valence-corrected chi connectivity index (χ2v) is 5.38. The van der Waals surface area contributed by atoms with Crippen LogP contribution in [0.1, 0.15) is 18.5 Å². The molecule has 0 unspecified atom stereocenters. The summed E-state index contributed by atoms with van der Waals surface area (Å²) >= 11 is 0. The van der Waals surface area contributed by atoms with Gasteiger partial charge in [-0.2, -0.15) is 5.26 Å². The van der Waals surface area contributed by atoms with Gasteiger partial charge in [-0.05, 0) is 24.6 Å². The number of nitriles is 1. The van der Waals surface area contributed by atoms with Crippen LogP contribution in [-0.2, 0) is 9.53 Å². The highest BCUT2D eigenvalue weighted by molar-refractivity contribution is 5.83. The molecule has 1 fully saturated rings. The molecule has 0 bridgehead atoms. The highest BCUT2D eigenvalue weighted by Gasteiger charge is 2.29. The number of benzene rings is 1. The van der Waals surface area contributed by atoms with Crippen molar-refractivity contribution in [2.75, 3.05) is 32.8 Å². The van der Waals surface area contributed by atoms with E-state index in [9.17, 15) is 9.18 Å². The van der Waals surface area contributed by atoms with Gasteiger partial charge in [-0.25, -0.2) is 4.39 Å². The number of carbonyl (C=O) groups is 1. The number of rotatable bonds is 5. The Morgan fingerprint density at radius 2 is 2.23 bits per heavy atom. The predicted molar refractivity (Wildman–Crippen MR) is 79.3 cm³/mol. The standard InChI is InChI=1S/C16H20FN3O2/c1-12(10-18)11-19-16(21)15(20-5-7-22-8-6-20)13-3-2-4-14(17)9-13/h2-4,9,12,15H,5-8,11H2,1H3,(H,19,21)/t12-,15+/m0/s1. The van der Waals surface area contributed by atoms with Crippen LogP contribution in [0.3, 0.4) is 0 Å². The Morgan fingerprint density at radius 1 is 1.50 bits per heavy atom. The second-order valence-electron chi connectivity index (χ2n) is 5.38. The SMILES string of the molecule is C[C@@H](C#N)CNC(=O)[C@@H](c1cccc(F)c1)N1CCOCC1. The summed E-state index contributed by atoms with van der Waals surface area (Å²) in [4.78, 5) is 14.5. The van der Waals surface area contributed by atoms with Crippen molar-refractivity contribution >= 4 is 5.91 Å². The van der Waals surface area contributed by atoms with Crippen molar-refractivity contribution in [3.8, 4) is 6.07 Å². The van der Waals surface area contributed by atoms with Gasteiger partial charge in [0.2, 0.25) is 5.91 Å². The van der Waals surface area contributed by atoms with Crippen molar-refractivity contribution in [1.82, 2.24) is 10.2 Å². The summed E-state index contributed by atoms with van der Waals surface area (Å²) in [7, 11) is 0. The van der Waals surface area contributed by atoms with Crippen LogP contribution in [0.25, 0.3) is 0 Å². The van der Waals surface area contributed by atoms with Crippen molar-refractivity contribution < 1.29 is 13.9 Å². The maximum atomic E-state index is 13.5. The molecule has 1 aromatic carbocycles. The quantitative estimate of drug-likeness (QED) is 0.895. The van der Waals surface area contributed by atoms with Crippen LogP contribution >= 0.6 is 0 Å². The van der Waals surface area contributed by atoms with Crippen LogP contribution in [-0.4, -0.2) is 43.7 Å². The third kappa shape index (κ3) is 4.26. The average Bonchev–Trinajstić information content (AvgIpc) is 2.54. The molecule has 118 valence electrons. The van der Waals surface area contributed by atoms with Gasteiger partial charge in [-0.15, -0.1) is 0 Å². The normalized spacial score (nSPS) is 18.2. The van der Waals surface area contributed by atoms with E-state index in [1.165, 1.54) is 12.1 Å². The van der Waals surface area contributed by atoms with Crippen LogP contribution in [0.4, 0.5) is 4.39 Å². The van der Waals surface area contributed by atoms with Crippen molar-refractivity contribution in [2.45, 2.75) is 13.0 Å². The van der Waals surface area contributed by atoms with E-state index in [1.807, 2.05) is 4.90 Å². The average molecular weight is 305 g/mol. The molecule has 0 radical (unpaired) electrons. The molecule has 2 atom stereocenters. The van der Waals surface area contributed by atoms with Gasteiger partial charge >= 0.3 is 0 Å². The molecule has 0 spiro atoms. The first-order valence-corrected chi connectivity index (χ1v) is 7.36. The molecule has 1 amide bonds. The third-order valence-electron chi connectivity index (χ3n) is 3.63. The molecule has 1 aromatic rings. The minimum absolute atomic E-state index is 0.213. The first-order chi connectivity index (χ1) is 10.6. The number of hydrogen-bond donors (Lipinski definition) is 1. The Labute approximate surface area is 129 Å². The Bertz CT molecular complexity index is 553. The van der Waals surface area contributed by atoms with Crippen molar-refractivity contribution in [3.63, 3.8) is 0 Å². The number of morpholine rings is 1. The lowest BCUT2D eigenvalue weighted by Crippen LogP contribution is -2.46. The molecule has 0 aliphatic carbocycles. The fourth-order valence-electron chi connectivity index (χ4n) is 2.44. The van der Waals surface area contributed by atoms with E-state index in [1.54, 1.807) is 19.1 Å². The number of carbonyl (C=O) groups excluding carboxylic acids is 1. The zero-order chi connectivity index (χ0) is 15.9. The molecular weight excluding hydrogens is 285 g/mol. The van der Waals surface area contributed by atoms with E-state index in [0.717, 1.165) is 0 Å². The Hall–Kier alpha value is -1.97. The Balaban J connectivity index is 2.17. The lowest BCUT2D eigenvalue weighted by molar-refractivity contribution is -0.128. The fraction of sp³-hybridized carbons (Fsp3) is 0.500. The minimum atomic E-state index is -0.564. The predicted octanol–water partition coefficient (Wildman–Crippen LogP) is 1.47. The zero-order valence-electron chi connectivity index (χ0n) is 12.6. The number of ether oxygens (including phenoxy) is 1. The van der Waals surface area contributed by atoms with Crippen LogP contribution in [0.2, 0.25) is 0 Å². The molecule has 0 aromatic heterocycles. The zero-order valence-corrected chi connectivity index (χ0v) is 12.6. The van der Waals surface area contributed by atoms with E-state index in [4.69, 9.17) is 10.00 Å². The van der Waals surface area contributed by atoms with Gasteiger partial charge < -0.3 is 10.1 Å². The summed E-state index contributed by atoms with van der Waals surface area (Å²) in [6, 6.07) is 7.60. The molecule has 0 saturated carbocycles. The molecule has 6 heteroatoms. The number of nitrogens with zero attached hydrogens (tertiary/aromatic N) is 2. The van der Waals surface area contributed by atoms with Gasteiger partial charge in [0, 0.05) is 19.6 Å². The largest absolute Gasteiger partial charge is 0.379 e. The molecule has 1 saturated heterocycles. The summed E-state index contributed by atoms with van der Waals surface area (Å²) in [5.41, 5.74) is 0.615. The lowest BCUT2D eigenvalue weighted by Gasteiger charge is -2.33. The van der Waals surface area contributed by atoms with Gasteiger partial charge in [0.1, 0.15) is 11.9 Å². The summed E-state index contributed by atoms with van der Waals surface area (Å²) in [6.45, 7) is 4.35. The van der Waals surface area contributed by atoms with Crippen molar-refractivity contribution in [2.24, 2.45) is 5.92 Å². The van der Waals surface area contributed by atoms with E-state index in [0.29, 0.717) is 31.9 Å². The monoisotopic (exact) mass is 305 g/mol. The van der Waals surface area contributed by atoms with Crippen LogP contribution < -0.4 is 5.32 Å². The smallest absolute Gasteiger partial charge is 0.242 e. The van der Waals surface area contributed by atoms with Gasteiger partial charge in [0.15, 0.2) is 0 Å². The maximum absolute atomic E-state index is 13.5. The molecular formula is C16H20FN3O2. The summed E-state index contributed by atoms with van der Waals surface area (Å²) in [5, 5.41) is 11.6. The van der Waals surface area contributed by atoms with E-state index < -0.39 is 6.04 Å². The van der Waals surface area contributed by atoms with Crippen LogP contribution in [0.5, 0.6) is 0 Å². The number of halogens is 1. The van der Waals surface area contributed by atoms with Gasteiger partial charge in [-0.1, -0.05) is 12.1 Å². The lowest BCUT2D eigenvalue weighted by atomic mass is 10.0. The highest BCUT2D eigenvalue weighted by Crippen LogP contribution is 2.23. The highest BCUT2D eigenvalue weighted by atomic mass is 19.1. The summed E-state index contributed by atoms with van der Waals surface area (Å²) in [6.07, 6.45) is 0. The Morgan fingerprint density at radius 3 is 2.86 bits per heavy atom. The molecule has 1 aliphatic rings. The number of nitrogens with one attached hydrogen (secondary N) is 1. The minimum Gasteiger partial charge on any atom is -0.379 e. The third-order valence-corrected chi connectivity index (χ3v) is 3.63. The summed E-state index contributed by atoms with van der Waals surface area (Å²) < 4.78 is 18.8. The van der Waals surface area contributed by atoms with Gasteiger partial charge in [0.05, 0.1) is 25.2 Å². The Kier molecular flexibility index (Phi) is 5.87. The first-order valence-electron chi connectivity index (χ1n) is 7.36. The van der Waals surface area contributed by atoms with Crippen LogP contribution in [0.15, 0.2) is 24.3 Å². The molecule has 1 heterocycles. The van der Waals surface area contributed by atoms with Gasteiger partial charge in [-0.3, -0.25) is 9.69 Å². The molecule has 5 nitrogen and oxygen atoms in total. The topological polar surface area (TPSA) is 65.4 Å². The number of hydrogen-bond acceptors (Lipinski definition) is 4. The second kappa shape index (κ2) is 7.87. The molecule has 22 heavy (non-hydrogen) atoms. The van der Waals surface area contributed by atoms with E-state index >= 15 is 0 Å². The molecule has 1 aliphatic heterocycles.